The van der Waals surface area contributed by atoms with Crippen LogP contribution in [0.3, 0.4) is 0 Å². The summed E-state index contributed by atoms with van der Waals surface area (Å²) < 4.78 is 24.4. The van der Waals surface area contributed by atoms with Gasteiger partial charge in [0, 0.05) is 32.2 Å². The van der Waals surface area contributed by atoms with Crippen LogP contribution in [-0.4, -0.2) is 45.3 Å². The maximum atomic E-state index is 12.2. The van der Waals surface area contributed by atoms with E-state index in [1.807, 2.05) is 25.2 Å². The number of likely N-dealkylation sites (N-methyl/N-ethyl adjacent to an activating group) is 1. The molecule has 0 aliphatic carbocycles. The zero-order chi connectivity index (χ0) is 19.4. The van der Waals surface area contributed by atoms with E-state index < -0.39 is 21.8 Å². The first-order chi connectivity index (χ1) is 12.9. The molecule has 2 aromatic rings. The Labute approximate surface area is 159 Å². The second-order valence-electron chi connectivity index (χ2n) is 6.76. The molecule has 0 saturated heterocycles. The standard InChI is InChI=1S/C20H24N2O4S/c1-22-11-9-15-13-16(7-8-18(15)22)19(23)14-21-20(24)10-12-27(25,26)17-5-3-2-4-6-17/h2-8,13,19,23H,9-12,14H2,1H3,(H,21,24). The van der Waals surface area contributed by atoms with Gasteiger partial charge in [0.05, 0.1) is 16.8 Å². The highest BCUT2D eigenvalue weighted by atomic mass is 32.2. The fourth-order valence-corrected chi connectivity index (χ4v) is 4.45. The molecule has 6 nitrogen and oxygen atoms in total. The molecule has 144 valence electrons. The third-order valence-corrected chi connectivity index (χ3v) is 6.54. The minimum atomic E-state index is -3.49. The predicted octanol–water partition coefficient (Wildman–Crippen LogP) is 1.69. The van der Waals surface area contributed by atoms with Gasteiger partial charge in [0.2, 0.25) is 5.91 Å². The maximum absolute atomic E-state index is 12.2. The van der Waals surface area contributed by atoms with Crippen molar-refractivity contribution in [2.24, 2.45) is 0 Å². The van der Waals surface area contributed by atoms with Crippen LogP contribution in [0.4, 0.5) is 5.69 Å². The molecule has 2 N–H and O–H groups in total. The molecule has 7 heteroatoms. The Bertz CT molecular complexity index is 913. The van der Waals surface area contributed by atoms with Crippen molar-refractivity contribution in [1.82, 2.24) is 5.32 Å². The van der Waals surface area contributed by atoms with Crippen molar-refractivity contribution < 1.29 is 18.3 Å². The van der Waals surface area contributed by atoms with Crippen LogP contribution in [0.1, 0.15) is 23.7 Å². The summed E-state index contributed by atoms with van der Waals surface area (Å²) in [6.45, 7) is 1.01. The van der Waals surface area contributed by atoms with Crippen molar-refractivity contribution in [2.75, 3.05) is 30.8 Å². The quantitative estimate of drug-likeness (QED) is 0.754. The van der Waals surface area contributed by atoms with Crippen LogP contribution >= 0.6 is 0 Å². The molecule has 27 heavy (non-hydrogen) atoms. The van der Waals surface area contributed by atoms with Gasteiger partial charge in [-0.2, -0.15) is 0 Å². The van der Waals surface area contributed by atoms with Crippen molar-refractivity contribution >= 4 is 21.4 Å². The molecule has 0 saturated carbocycles. The molecule has 0 bridgehead atoms. The highest BCUT2D eigenvalue weighted by molar-refractivity contribution is 7.91. The Morgan fingerprint density at radius 2 is 1.96 bits per heavy atom. The number of anilines is 1. The molecular weight excluding hydrogens is 364 g/mol. The monoisotopic (exact) mass is 388 g/mol. The smallest absolute Gasteiger partial charge is 0.221 e. The molecule has 0 aromatic heterocycles. The molecule has 0 spiro atoms. The second kappa shape index (κ2) is 8.10. The number of carbonyl (C=O) groups is 1. The number of benzene rings is 2. The topological polar surface area (TPSA) is 86.7 Å². The van der Waals surface area contributed by atoms with Gasteiger partial charge in [-0.1, -0.05) is 30.3 Å². The summed E-state index contributed by atoms with van der Waals surface area (Å²) in [7, 11) is -1.45. The van der Waals surface area contributed by atoms with Gasteiger partial charge in [0.1, 0.15) is 0 Å². The number of sulfone groups is 1. The third kappa shape index (κ3) is 4.67. The van der Waals surface area contributed by atoms with Crippen molar-refractivity contribution in [3.8, 4) is 0 Å². The molecule has 0 fully saturated rings. The van der Waals surface area contributed by atoms with Crippen LogP contribution in [-0.2, 0) is 21.1 Å². The van der Waals surface area contributed by atoms with E-state index in [1.165, 1.54) is 23.4 Å². The summed E-state index contributed by atoms with van der Waals surface area (Å²) in [5, 5.41) is 12.9. The molecule has 1 atom stereocenters. The molecule has 1 aliphatic heterocycles. The zero-order valence-electron chi connectivity index (χ0n) is 15.3. The van der Waals surface area contributed by atoms with E-state index in [1.54, 1.807) is 18.2 Å². The summed E-state index contributed by atoms with van der Waals surface area (Å²) in [5.41, 5.74) is 3.11. The first-order valence-electron chi connectivity index (χ1n) is 8.93. The third-order valence-electron chi connectivity index (χ3n) is 4.81. The zero-order valence-corrected chi connectivity index (χ0v) is 16.1. The lowest BCUT2D eigenvalue weighted by atomic mass is 10.0. The van der Waals surface area contributed by atoms with Crippen LogP contribution in [0.2, 0.25) is 0 Å². The lowest BCUT2D eigenvalue weighted by Crippen LogP contribution is -2.29. The molecule has 3 rings (SSSR count). The summed E-state index contributed by atoms with van der Waals surface area (Å²) in [6.07, 6.45) is -0.0226. The number of amides is 1. The second-order valence-corrected chi connectivity index (χ2v) is 8.87. The number of nitrogens with one attached hydrogen (secondary N) is 1. The highest BCUT2D eigenvalue weighted by Crippen LogP contribution is 2.29. The Kier molecular flexibility index (Phi) is 5.82. The number of hydrogen-bond donors (Lipinski definition) is 2. The van der Waals surface area contributed by atoms with Crippen LogP contribution in [0.15, 0.2) is 53.4 Å². The predicted molar refractivity (Wildman–Crippen MR) is 104 cm³/mol. The molecule has 1 unspecified atom stereocenters. The number of rotatable bonds is 7. The van der Waals surface area contributed by atoms with Gasteiger partial charge in [0.25, 0.3) is 0 Å². The molecule has 1 amide bonds. The molecule has 1 aliphatic rings. The first-order valence-corrected chi connectivity index (χ1v) is 10.6. The number of carbonyl (C=O) groups excluding carboxylic acids is 1. The van der Waals surface area contributed by atoms with E-state index in [0.717, 1.165) is 18.5 Å². The minimum Gasteiger partial charge on any atom is -0.387 e. The number of nitrogens with zero attached hydrogens (tertiary/aromatic N) is 1. The van der Waals surface area contributed by atoms with Gasteiger partial charge in [-0.25, -0.2) is 8.42 Å². The highest BCUT2D eigenvalue weighted by Gasteiger charge is 2.19. The van der Waals surface area contributed by atoms with Crippen LogP contribution in [0.5, 0.6) is 0 Å². The van der Waals surface area contributed by atoms with E-state index >= 15 is 0 Å². The number of hydrogen-bond acceptors (Lipinski definition) is 5. The average Bonchev–Trinajstić information content (AvgIpc) is 3.05. The van der Waals surface area contributed by atoms with Crippen LogP contribution in [0, 0.1) is 0 Å². The number of fused-ring (bicyclic) bond motifs is 1. The van der Waals surface area contributed by atoms with Gasteiger partial charge in [-0.3, -0.25) is 4.79 Å². The maximum Gasteiger partial charge on any atom is 0.221 e. The van der Waals surface area contributed by atoms with Crippen molar-refractivity contribution in [3.05, 3.63) is 59.7 Å². The Morgan fingerprint density at radius 1 is 1.22 bits per heavy atom. The summed E-state index contributed by atoms with van der Waals surface area (Å²) in [5.74, 6) is -0.654. The van der Waals surface area contributed by atoms with E-state index in [-0.39, 0.29) is 23.6 Å². The SMILES string of the molecule is CN1CCc2cc(C(O)CNC(=O)CCS(=O)(=O)c3ccccc3)ccc21. The van der Waals surface area contributed by atoms with E-state index in [9.17, 15) is 18.3 Å². The molecular formula is C20H24N2O4S. The average molecular weight is 388 g/mol. The Morgan fingerprint density at radius 3 is 2.70 bits per heavy atom. The van der Waals surface area contributed by atoms with E-state index in [0.29, 0.717) is 0 Å². The lowest BCUT2D eigenvalue weighted by Gasteiger charge is -2.15. The van der Waals surface area contributed by atoms with Gasteiger partial charge in [-0.05, 0) is 35.7 Å². The fraction of sp³-hybridized carbons (Fsp3) is 0.350. The molecule has 2 aromatic carbocycles. The fourth-order valence-electron chi connectivity index (χ4n) is 3.18. The van der Waals surface area contributed by atoms with E-state index in [2.05, 4.69) is 10.2 Å². The largest absolute Gasteiger partial charge is 0.387 e. The van der Waals surface area contributed by atoms with Crippen molar-refractivity contribution in [1.29, 1.82) is 0 Å². The van der Waals surface area contributed by atoms with Gasteiger partial charge >= 0.3 is 0 Å². The number of aliphatic hydroxyl groups is 1. The summed E-state index contributed by atoms with van der Waals surface area (Å²) in [6, 6.07) is 13.9. The van der Waals surface area contributed by atoms with Gasteiger partial charge in [0.15, 0.2) is 9.84 Å². The summed E-state index contributed by atoms with van der Waals surface area (Å²) >= 11 is 0. The van der Waals surface area contributed by atoms with Gasteiger partial charge in [-0.15, -0.1) is 0 Å². The Hall–Kier alpha value is -2.38. The lowest BCUT2D eigenvalue weighted by molar-refractivity contribution is -0.121. The first kappa shape index (κ1) is 19.4. The van der Waals surface area contributed by atoms with Crippen LogP contribution < -0.4 is 10.2 Å². The van der Waals surface area contributed by atoms with Crippen molar-refractivity contribution in [2.45, 2.75) is 23.8 Å². The normalized spacial score (nSPS) is 14.7. The molecule has 1 heterocycles. The Balaban J connectivity index is 1.51. The molecule has 0 radical (unpaired) electrons. The van der Waals surface area contributed by atoms with E-state index in [4.69, 9.17) is 0 Å². The number of aliphatic hydroxyl groups excluding tert-OH is 1. The van der Waals surface area contributed by atoms with Crippen LogP contribution in [0.25, 0.3) is 0 Å². The minimum absolute atomic E-state index is 0.0544. The van der Waals surface area contributed by atoms with Crippen molar-refractivity contribution in [3.63, 3.8) is 0 Å². The van der Waals surface area contributed by atoms with Gasteiger partial charge < -0.3 is 15.3 Å². The summed E-state index contributed by atoms with van der Waals surface area (Å²) in [4.78, 5) is 14.4.